The first-order chi connectivity index (χ1) is 8.73. The molecule has 0 aromatic rings. The summed E-state index contributed by atoms with van der Waals surface area (Å²) in [5.41, 5.74) is -0.340. The van der Waals surface area contributed by atoms with Crippen molar-refractivity contribution in [3.63, 3.8) is 0 Å². The maximum atomic E-state index is 11.7. The van der Waals surface area contributed by atoms with Gasteiger partial charge in [-0.25, -0.2) is 0 Å². The molecule has 0 spiro atoms. The number of nitrogens with one attached hydrogen (secondary N) is 1. The zero-order valence-corrected chi connectivity index (χ0v) is 13.3. The zero-order valence-electron chi connectivity index (χ0n) is 13.3. The van der Waals surface area contributed by atoms with Crippen LogP contribution in [-0.4, -0.2) is 23.2 Å². The van der Waals surface area contributed by atoms with E-state index in [1.807, 2.05) is 0 Å². The molecule has 0 aromatic heterocycles. The van der Waals surface area contributed by atoms with Crippen LogP contribution in [-0.2, 0) is 4.79 Å². The van der Waals surface area contributed by atoms with E-state index >= 15 is 0 Å². The quantitative estimate of drug-likeness (QED) is 0.773. The molecule has 1 aliphatic rings. The Morgan fingerprint density at radius 3 is 2.26 bits per heavy atom. The molecule has 19 heavy (non-hydrogen) atoms. The molecule has 1 aliphatic carbocycles. The summed E-state index contributed by atoms with van der Waals surface area (Å²) in [5, 5.41) is 12.9. The highest BCUT2D eigenvalue weighted by molar-refractivity contribution is 5.78. The maximum absolute atomic E-state index is 11.7. The summed E-state index contributed by atoms with van der Waals surface area (Å²) in [6, 6.07) is 0. The van der Waals surface area contributed by atoms with Gasteiger partial charge in [-0.15, -0.1) is 0 Å². The van der Waals surface area contributed by atoms with E-state index in [4.69, 9.17) is 0 Å². The molecule has 0 bridgehead atoms. The van der Waals surface area contributed by atoms with Crippen LogP contribution < -0.4 is 5.32 Å². The van der Waals surface area contributed by atoms with Crippen LogP contribution in [0.2, 0.25) is 0 Å². The molecule has 3 nitrogen and oxygen atoms in total. The minimum atomic E-state index is -0.676. The third kappa shape index (κ3) is 3.95. The molecule has 1 saturated carbocycles. The lowest BCUT2D eigenvalue weighted by molar-refractivity contribution is -0.147. The van der Waals surface area contributed by atoms with Crippen LogP contribution in [0.25, 0.3) is 0 Å². The van der Waals surface area contributed by atoms with E-state index in [9.17, 15) is 9.90 Å². The summed E-state index contributed by atoms with van der Waals surface area (Å²) < 4.78 is 0. The van der Waals surface area contributed by atoms with Crippen LogP contribution in [0, 0.1) is 17.3 Å². The van der Waals surface area contributed by atoms with Gasteiger partial charge < -0.3 is 10.4 Å². The summed E-state index contributed by atoms with van der Waals surface area (Å²) in [6.45, 7) is 11.9. The van der Waals surface area contributed by atoms with Crippen molar-refractivity contribution >= 4 is 5.97 Å². The normalized spacial score (nSPS) is 28.6. The molecule has 0 aliphatic heterocycles. The molecule has 0 atom stereocenters. The zero-order chi connectivity index (χ0) is 14.7. The van der Waals surface area contributed by atoms with Gasteiger partial charge in [0.15, 0.2) is 0 Å². The third-order valence-corrected chi connectivity index (χ3v) is 5.11. The predicted octanol–water partition coefficient (Wildman–Crippen LogP) is 3.68. The van der Waals surface area contributed by atoms with Crippen LogP contribution in [0.3, 0.4) is 0 Å². The number of hydrogen-bond acceptors (Lipinski definition) is 2. The second-order valence-corrected chi connectivity index (χ2v) is 7.28. The van der Waals surface area contributed by atoms with Gasteiger partial charge in [0.1, 0.15) is 5.54 Å². The number of rotatable bonds is 6. The standard InChI is InChI=1S/C16H31NO2/c1-6-15(4,5)13-7-9-16(10-8-13,14(18)19)17-11-12(2)3/h12-13,17H,6-11H2,1-5H3,(H,18,19). The molecule has 0 amide bonds. The lowest BCUT2D eigenvalue weighted by atomic mass is 9.65. The molecular formula is C16H31NO2. The van der Waals surface area contributed by atoms with Crippen molar-refractivity contribution in [2.24, 2.45) is 17.3 Å². The summed E-state index contributed by atoms with van der Waals surface area (Å²) in [6.07, 6.45) is 4.75. The van der Waals surface area contributed by atoms with Gasteiger partial charge in [-0.3, -0.25) is 4.79 Å². The molecule has 0 radical (unpaired) electrons. The van der Waals surface area contributed by atoms with Crippen molar-refractivity contribution in [1.82, 2.24) is 5.32 Å². The monoisotopic (exact) mass is 269 g/mol. The smallest absolute Gasteiger partial charge is 0.323 e. The highest BCUT2D eigenvalue weighted by Crippen LogP contribution is 2.43. The Hall–Kier alpha value is -0.570. The Kier molecular flexibility index (Phi) is 5.43. The Balaban J connectivity index is 2.67. The molecule has 0 heterocycles. The average molecular weight is 269 g/mol. The van der Waals surface area contributed by atoms with Gasteiger partial charge >= 0.3 is 5.97 Å². The Bertz CT molecular complexity index is 302. The van der Waals surface area contributed by atoms with Gasteiger partial charge in [-0.2, -0.15) is 0 Å². The van der Waals surface area contributed by atoms with Gasteiger partial charge in [0.05, 0.1) is 0 Å². The third-order valence-electron chi connectivity index (χ3n) is 5.11. The van der Waals surface area contributed by atoms with E-state index in [-0.39, 0.29) is 0 Å². The average Bonchev–Trinajstić information content (AvgIpc) is 2.36. The highest BCUT2D eigenvalue weighted by atomic mass is 16.4. The van der Waals surface area contributed by atoms with E-state index in [2.05, 4.69) is 39.9 Å². The summed E-state index contributed by atoms with van der Waals surface area (Å²) in [5.74, 6) is 0.479. The Morgan fingerprint density at radius 2 is 1.89 bits per heavy atom. The van der Waals surface area contributed by atoms with E-state index < -0.39 is 11.5 Å². The fourth-order valence-corrected chi connectivity index (χ4v) is 3.05. The topological polar surface area (TPSA) is 49.3 Å². The second kappa shape index (κ2) is 6.25. The minimum Gasteiger partial charge on any atom is -0.480 e. The van der Waals surface area contributed by atoms with E-state index in [1.165, 1.54) is 0 Å². The van der Waals surface area contributed by atoms with Crippen LogP contribution >= 0.6 is 0 Å². The maximum Gasteiger partial charge on any atom is 0.323 e. The first-order valence-electron chi connectivity index (χ1n) is 7.72. The number of hydrogen-bond donors (Lipinski definition) is 2. The SMILES string of the molecule is CCC(C)(C)C1CCC(NCC(C)C)(C(=O)O)CC1. The summed E-state index contributed by atoms with van der Waals surface area (Å²) >= 11 is 0. The summed E-state index contributed by atoms with van der Waals surface area (Å²) in [4.78, 5) is 11.7. The van der Waals surface area contributed by atoms with Gasteiger partial charge in [-0.1, -0.05) is 41.0 Å². The molecule has 0 aromatic carbocycles. The largest absolute Gasteiger partial charge is 0.480 e. The number of carboxylic acids is 1. The van der Waals surface area contributed by atoms with E-state index in [0.29, 0.717) is 17.3 Å². The fraction of sp³-hybridized carbons (Fsp3) is 0.938. The van der Waals surface area contributed by atoms with Gasteiger partial charge in [0, 0.05) is 0 Å². The van der Waals surface area contributed by atoms with E-state index in [0.717, 1.165) is 38.6 Å². The van der Waals surface area contributed by atoms with Crippen molar-refractivity contribution in [3.05, 3.63) is 0 Å². The van der Waals surface area contributed by atoms with Gasteiger partial charge in [0.2, 0.25) is 0 Å². The van der Waals surface area contributed by atoms with Crippen LogP contribution in [0.5, 0.6) is 0 Å². The van der Waals surface area contributed by atoms with Crippen molar-refractivity contribution in [3.8, 4) is 0 Å². The molecule has 0 saturated heterocycles. The molecule has 2 N–H and O–H groups in total. The lowest BCUT2D eigenvalue weighted by Crippen LogP contribution is -2.55. The van der Waals surface area contributed by atoms with Gasteiger partial charge in [0.25, 0.3) is 0 Å². The van der Waals surface area contributed by atoms with Crippen molar-refractivity contribution < 1.29 is 9.90 Å². The number of carboxylic acid groups (broad SMARTS) is 1. The van der Waals surface area contributed by atoms with Crippen LogP contribution in [0.4, 0.5) is 0 Å². The lowest BCUT2D eigenvalue weighted by Gasteiger charge is -2.43. The van der Waals surface area contributed by atoms with Crippen LogP contribution in [0.15, 0.2) is 0 Å². The number of aliphatic carboxylic acids is 1. The minimum absolute atomic E-state index is 0.336. The van der Waals surface area contributed by atoms with Crippen molar-refractivity contribution in [2.45, 2.75) is 72.3 Å². The molecule has 3 heteroatoms. The van der Waals surface area contributed by atoms with Gasteiger partial charge in [-0.05, 0) is 49.5 Å². The molecule has 1 fully saturated rings. The molecular weight excluding hydrogens is 238 g/mol. The first-order valence-corrected chi connectivity index (χ1v) is 7.72. The molecule has 112 valence electrons. The molecule has 1 rings (SSSR count). The second-order valence-electron chi connectivity index (χ2n) is 7.28. The Labute approximate surface area is 118 Å². The summed E-state index contributed by atoms with van der Waals surface area (Å²) in [7, 11) is 0. The highest BCUT2D eigenvalue weighted by Gasteiger charge is 2.44. The Morgan fingerprint density at radius 1 is 1.37 bits per heavy atom. The number of carbonyl (C=O) groups is 1. The van der Waals surface area contributed by atoms with E-state index in [1.54, 1.807) is 0 Å². The fourth-order valence-electron chi connectivity index (χ4n) is 3.05. The first kappa shape index (κ1) is 16.5. The van der Waals surface area contributed by atoms with Crippen molar-refractivity contribution in [1.29, 1.82) is 0 Å². The molecule has 0 unspecified atom stereocenters. The predicted molar refractivity (Wildman–Crippen MR) is 79.2 cm³/mol. The van der Waals surface area contributed by atoms with Crippen molar-refractivity contribution in [2.75, 3.05) is 6.54 Å². The van der Waals surface area contributed by atoms with Crippen LogP contribution in [0.1, 0.15) is 66.7 Å².